The number of likely N-dealkylation sites (N-methyl/N-ethyl adjacent to an activating group) is 1. The second kappa shape index (κ2) is 6.96. The third-order valence-electron chi connectivity index (χ3n) is 4.38. The molecule has 2 amide bonds. The van der Waals surface area contributed by atoms with E-state index in [1.54, 1.807) is 4.90 Å². The summed E-state index contributed by atoms with van der Waals surface area (Å²) in [4.78, 5) is 16.3. The molecule has 1 saturated carbocycles. The molecule has 0 aromatic rings. The van der Waals surface area contributed by atoms with Gasteiger partial charge in [-0.15, -0.1) is 0 Å². The molecule has 2 aliphatic rings. The van der Waals surface area contributed by atoms with E-state index in [1.807, 2.05) is 19.0 Å². The van der Waals surface area contributed by atoms with E-state index >= 15 is 0 Å². The van der Waals surface area contributed by atoms with Crippen LogP contribution < -0.4 is 5.32 Å². The van der Waals surface area contributed by atoms with Crippen molar-refractivity contribution in [2.24, 2.45) is 0 Å². The number of carbonyl (C=O) groups is 1. The lowest BCUT2D eigenvalue weighted by molar-refractivity contribution is 0.169. The standard InChI is InChI=1S/C14H27N3O3S/c1-16(2)8-9-17(13-7-10-21(19,20)11-13)14(18)15-12-5-3-4-6-12/h12-13H,3-11H2,1-2H3,(H,15,18). The summed E-state index contributed by atoms with van der Waals surface area (Å²) in [5.74, 6) is 0.311. The van der Waals surface area contributed by atoms with Crippen LogP contribution in [0.2, 0.25) is 0 Å². The van der Waals surface area contributed by atoms with Crippen molar-refractivity contribution in [3.8, 4) is 0 Å². The highest BCUT2D eigenvalue weighted by atomic mass is 32.2. The van der Waals surface area contributed by atoms with Crippen molar-refractivity contribution in [1.82, 2.24) is 15.1 Å². The summed E-state index contributed by atoms with van der Waals surface area (Å²) < 4.78 is 23.4. The third-order valence-corrected chi connectivity index (χ3v) is 6.13. The molecule has 1 unspecified atom stereocenters. The summed E-state index contributed by atoms with van der Waals surface area (Å²) in [6.45, 7) is 1.32. The predicted octanol–water partition coefficient (Wildman–Crippen LogP) is 0.689. The van der Waals surface area contributed by atoms with Gasteiger partial charge in [-0.2, -0.15) is 0 Å². The summed E-state index contributed by atoms with van der Waals surface area (Å²) in [5, 5.41) is 3.08. The van der Waals surface area contributed by atoms with E-state index in [2.05, 4.69) is 5.32 Å². The zero-order chi connectivity index (χ0) is 15.5. The summed E-state index contributed by atoms with van der Waals surface area (Å²) in [5.41, 5.74) is 0. The topological polar surface area (TPSA) is 69.7 Å². The molecule has 7 heteroatoms. The zero-order valence-corrected chi connectivity index (χ0v) is 13.9. The summed E-state index contributed by atoms with van der Waals surface area (Å²) in [7, 11) is 0.938. The van der Waals surface area contributed by atoms with Crippen molar-refractivity contribution in [3.05, 3.63) is 0 Å². The number of nitrogens with one attached hydrogen (secondary N) is 1. The van der Waals surface area contributed by atoms with E-state index in [9.17, 15) is 13.2 Å². The van der Waals surface area contributed by atoms with Gasteiger partial charge >= 0.3 is 6.03 Å². The largest absolute Gasteiger partial charge is 0.335 e. The molecule has 1 aliphatic heterocycles. The molecule has 1 heterocycles. The highest BCUT2D eigenvalue weighted by Crippen LogP contribution is 2.20. The van der Waals surface area contributed by atoms with Crippen LogP contribution in [0.3, 0.4) is 0 Å². The summed E-state index contributed by atoms with van der Waals surface area (Å²) in [6.07, 6.45) is 4.97. The Morgan fingerprint density at radius 3 is 2.33 bits per heavy atom. The highest BCUT2D eigenvalue weighted by Gasteiger charge is 2.35. The number of carbonyl (C=O) groups excluding carboxylic acids is 1. The minimum absolute atomic E-state index is 0.0918. The van der Waals surface area contributed by atoms with Crippen molar-refractivity contribution in [3.63, 3.8) is 0 Å². The number of urea groups is 1. The van der Waals surface area contributed by atoms with Gasteiger partial charge in [0.15, 0.2) is 9.84 Å². The fourth-order valence-electron chi connectivity index (χ4n) is 3.11. The molecule has 0 bridgehead atoms. The first kappa shape index (κ1) is 16.5. The maximum Gasteiger partial charge on any atom is 0.317 e. The van der Waals surface area contributed by atoms with E-state index < -0.39 is 9.84 Å². The van der Waals surface area contributed by atoms with Crippen LogP contribution in [-0.4, -0.2) is 75.0 Å². The molecule has 1 atom stereocenters. The third kappa shape index (κ3) is 4.85. The molecule has 0 aromatic heterocycles. The fraction of sp³-hybridized carbons (Fsp3) is 0.929. The minimum atomic E-state index is -2.98. The number of sulfone groups is 1. The van der Waals surface area contributed by atoms with Crippen LogP contribution in [-0.2, 0) is 9.84 Å². The Bertz CT molecular complexity index is 458. The van der Waals surface area contributed by atoms with Gasteiger partial charge in [-0.3, -0.25) is 0 Å². The van der Waals surface area contributed by atoms with E-state index in [4.69, 9.17) is 0 Å². The number of nitrogens with zero attached hydrogens (tertiary/aromatic N) is 2. The summed E-state index contributed by atoms with van der Waals surface area (Å²) >= 11 is 0. The molecule has 122 valence electrons. The number of rotatable bonds is 5. The van der Waals surface area contributed by atoms with Crippen LogP contribution in [0.5, 0.6) is 0 Å². The van der Waals surface area contributed by atoms with Crippen molar-refractivity contribution >= 4 is 15.9 Å². The van der Waals surface area contributed by atoms with E-state index in [0.29, 0.717) is 13.0 Å². The normalized spacial score (nSPS) is 25.4. The first-order chi connectivity index (χ1) is 9.87. The Morgan fingerprint density at radius 2 is 1.81 bits per heavy atom. The molecular weight excluding hydrogens is 290 g/mol. The maximum absolute atomic E-state index is 12.5. The van der Waals surface area contributed by atoms with Crippen LogP contribution in [0.25, 0.3) is 0 Å². The lowest BCUT2D eigenvalue weighted by Crippen LogP contribution is -2.51. The Hall–Kier alpha value is -0.820. The predicted molar refractivity (Wildman–Crippen MR) is 83.1 cm³/mol. The monoisotopic (exact) mass is 317 g/mol. The zero-order valence-electron chi connectivity index (χ0n) is 13.0. The Kier molecular flexibility index (Phi) is 5.48. The average Bonchev–Trinajstić information content (AvgIpc) is 2.99. The van der Waals surface area contributed by atoms with Crippen LogP contribution in [0.4, 0.5) is 4.79 Å². The molecule has 2 fully saturated rings. The molecule has 0 aromatic carbocycles. The Balaban J connectivity index is 1.98. The van der Waals surface area contributed by atoms with Crippen LogP contribution in [0.15, 0.2) is 0 Å². The Labute approximate surface area is 127 Å². The van der Waals surface area contributed by atoms with Crippen molar-refractivity contribution in [1.29, 1.82) is 0 Å². The van der Waals surface area contributed by atoms with Crippen LogP contribution >= 0.6 is 0 Å². The van der Waals surface area contributed by atoms with Crippen LogP contribution in [0.1, 0.15) is 32.1 Å². The lowest BCUT2D eigenvalue weighted by atomic mass is 10.2. The fourth-order valence-corrected chi connectivity index (χ4v) is 4.84. The van der Waals surface area contributed by atoms with Gasteiger partial charge in [-0.05, 0) is 33.4 Å². The first-order valence-corrected chi connectivity index (χ1v) is 9.62. The van der Waals surface area contributed by atoms with E-state index in [-0.39, 0.29) is 29.6 Å². The van der Waals surface area contributed by atoms with Crippen molar-refractivity contribution < 1.29 is 13.2 Å². The van der Waals surface area contributed by atoms with Crippen molar-refractivity contribution in [2.75, 3.05) is 38.7 Å². The van der Waals surface area contributed by atoms with Crippen molar-refractivity contribution in [2.45, 2.75) is 44.2 Å². The van der Waals surface area contributed by atoms with Gasteiger partial charge in [-0.25, -0.2) is 13.2 Å². The number of hydrogen-bond donors (Lipinski definition) is 1. The second-order valence-electron chi connectivity index (χ2n) is 6.48. The minimum Gasteiger partial charge on any atom is -0.335 e. The molecule has 0 spiro atoms. The molecule has 1 saturated heterocycles. The van der Waals surface area contributed by atoms with Gasteiger partial charge in [-0.1, -0.05) is 12.8 Å². The molecular formula is C14H27N3O3S. The Morgan fingerprint density at radius 1 is 1.14 bits per heavy atom. The molecule has 2 rings (SSSR count). The second-order valence-corrected chi connectivity index (χ2v) is 8.71. The smallest absolute Gasteiger partial charge is 0.317 e. The van der Waals surface area contributed by atoms with E-state index in [1.165, 1.54) is 12.8 Å². The summed E-state index contributed by atoms with van der Waals surface area (Å²) in [6, 6.07) is -0.000399. The van der Waals surface area contributed by atoms with Gasteiger partial charge < -0.3 is 15.1 Å². The average molecular weight is 317 g/mol. The van der Waals surface area contributed by atoms with Gasteiger partial charge in [0.25, 0.3) is 0 Å². The SMILES string of the molecule is CN(C)CCN(C(=O)NC1CCCC1)C1CCS(=O)(=O)C1. The van der Waals surface area contributed by atoms with Gasteiger partial charge in [0.2, 0.25) is 0 Å². The molecule has 21 heavy (non-hydrogen) atoms. The highest BCUT2D eigenvalue weighted by molar-refractivity contribution is 7.91. The lowest BCUT2D eigenvalue weighted by Gasteiger charge is -2.30. The number of hydrogen-bond acceptors (Lipinski definition) is 4. The van der Waals surface area contributed by atoms with Gasteiger partial charge in [0, 0.05) is 25.2 Å². The van der Waals surface area contributed by atoms with Gasteiger partial charge in [0.05, 0.1) is 11.5 Å². The first-order valence-electron chi connectivity index (χ1n) is 7.80. The molecule has 6 nitrogen and oxygen atoms in total. The van der Waals surface area contributed by atoms with Crippen LogP contribution in [0, 0.1) is 0 Å². The maximum atomic E-state index is 12.5. The molecule has 1 aliphatic carbocycles. The molecule has 1 N–H and O–H groups in total. The number of amides is 2. The van der Waals surface area contributed by atoms with Gasteiger partial charge in [0.1, 0.15) is 0 Å². The molecule has 0 radical (unpaired) electrons. The van der Waals surface area contributed by atoms with E-state index in [0.717, 1.165) is 19.4 Å². The quantitative estimate of drug-likeness (QED) is 0.810.